The first-order valence-electron chi connectivity index (χ1n) is 7.24. The predicted octanol–water partition coefficient (Wildman–Crippen LogP) is 1.30. The van der Waals surface area contributed by atoms with Crippen LogP contribution < -0.4 is 5.32 Å². The summed E-state index contributed by atoms with van der Waals surface area (Å²) in [7, 11) is 0. The van der Waals surface area contributed by atoms with E-state index in [-0.39, 0.29) is 19.8 Å². The zero-order chi connectivity index (χ0) is 18.8. The molecule has 0 saturated carbocycles. The van der Waals surface area contributed by atoms with Gasteiger partial charge in [-0.25, -0.2) is 14.4 Å². The first kappa shape index (κ1) is 21.6. The summed E-state index contributed by atoms with van der Waals surface area (Å²) in [5.41, 5.74) is -1.60. The van der Waals surface area contributed by atoms with Gasteiger partial charge in [0.1, 0.15) is 25.4 Å². The Labute approximate surface area is 142 Å². The lowest BCUT2D eigenvalue weighted by Gasteiger charge is -2.38. The molecular weight excluding hydrogens is 314 g/mol. The van der Waals surface area contributed by atoms with Gasteiger partial charge in [0, 0.05) is 23.8 Å². The van der Waals surface area contributed by atoms with Gasteiger partial charge in [0.15, 0.2) is 0 Å². The molecule has 0 aromatic carbocycles. The smallest absolute Gasteiger partial charge is 0.330 e. The minimum absolute atomic E-state index is 0.204. The van der Waals surface area contributed by atoms with E-state index >= 15 is 0 Å². The summed E-state index contributed by atoms with van der Waals surface area (Å²) in [4.78, 5) is 34.2. The van der Waals surface area contributed by atoms with Crippen molar-refractivity contribution >= 4 is 17.9 Å². The number of ether oxygens (including phenoxy) is 3. The predicted molar refractivity (Wildman–Crippen MR) is 89.1 cm³/mol. The van der Waals surface area contributed by atoms with Crippen molar-refractivity contribution in [3.8, 4) is 0 Å². The number of hydrogen-bond acceptors (Lipinski definition) is 7. The third-order valence-electron chi connectivity index (χ3n) is 2.61. The van der Waals surface area contributed by atoms with Gasteiger partial charge in [-0.1, -0.05) is 19.7 Å². The van der Waals surface area contributed by atoms with E-state index in [1.165, 1.54) is 0 Å². The second-order valence-electron chi connectivity index (χ2n) is 6.09. The molecule has 0 bridgehead atoms. The molecule has 24 heavy (non-hydrogen) atoms. The molecule has 0 radical (unpaired) electrons. The molecule has 0 aromatic rings. The Morgan fingerprint density at radius 2 is 1.08 bits per heavy atom. The van der Waals surface area contributed by atoms with Gasteiger partial charge in [0.2, 0.25) is 0 Å². The van der Waals surface area contributed by atoms with Gasteiger partial charge in [-0.15, -0.1) is 0 Å². The third kappa shape index (κ3) is 8.89. The minimum atomic E-state index is -1.14. The van der Waals surface area contributed by atoms with Crippen LogP contribution in [-0.4, -0.2) is 48.8 Å². The Bertz CT molecular complexity index is 444. The molecule has 0 unspecified atom stereocenters. The van der Waals surface area contributed by atoms with Crippen LogP contribution in [0.15, 0.2) is 38.0 Å². The highest BCUT2D eigenvalue weighted by Crippen LogP contribution is 2.15. The maximum absolute atomic E-state index is 11.4. The molecule has 0 fully saturated rings. The molecule has 134 valence electrons. The number of rotatable bonds is 10. The van der Waals surface area contributed by atoms with Crippen LogP contribution in [0.2, 0.25) is 0 Å². The van der Waals surface area contributed by atoms with Crippen LogP contribution in [0.4, 0.5) is 0 Å². The summed E-state index contributed by atoms with van der Waals surface area (Å²) in [6, 6.07) is 0. The van der Waals surface area contributed by atoms with E-state index in [9.17, 15) is 14.4 Å². The van der Waals surface area contributed by atoms with Gasteiger partial charge in [-0.3, -0.25) is 5.32 Å². The van der Waals surface area contributed by atoms with Crippen molar-refractivity contribution in [2.24, 2.45) is 0 Å². The summed E-state index contributed by atoms with van der Waals surface area (Å²) < 4.78 is 15.2. The summed E-state index contributed by atoms with van der Waals surface area (Å²) in [5, 5.41) is 3.17. The molecule has 0 amide bonds. The minimum Gasteiger partial charge on any atom is -0.460 e. The van der Waals surface area contributed by atoms with Crippen LogP contribution in [0.5, 0.6) is 0 Å². The lowest BCUT2D eigenvalue weighted by Crippen LogP contribution is -2.62. The molecule has 0 aliphatic heterocycles. The maximum atomic E-state index is 11.4. The van der Waals surface area contributed by atoms with Crippen LogP contribution in [0.1, 0.15) is 20.8 Å². The fourth-order valence-electron chi connectivity index (χ4n) is 1.83. The zero-order valence-electron chi connectivity index (χ0n) is 14.4. The second-order valence-corrected chi connectivity index (χ2v) is 6.09. The van der Waals surface area contributed by atoms with Gasteiger partial charge >= 0.3 is 17.9 Å². The average molecular weight is 339 g/mol. The quantitative estimate of drug-likeness (QED) is 0.364. The summed E-state index contributed by atoms with van der Waals surface area (Å²) in [6.45, 7) is 14.9. The Kier molecular flexibility index (Phi) is 8.70. The van der Waals surface area contributed by atoms with Crippen LogP contribution in [0.3, 0.4) is 0 Å². The molecule has 0 saturated heterocycles. The zero-order valence-corrected chi connectivity index (χ0v) is 14.4. The lowest BCUT2D eigenvalue weighted by molar-refractivity contribution is -0.151. The van der Waals surface area contributed by atoms with Crippen molar-refractivity contribution in [2.75, 3.05) is 19.8 Å². The monoisotopic (exact) mass is 339 g/mol. The molecule has 0 rings (SSSR count). The molecule has 0 aliphatic carbocycles. The van der Waals surface area contributed by atoms with E-state index in [4.69, 9.17) is 14.2 Å². The number of hydrogen-bond donors (Lipinski definition) is 1. The van der Waals surface area contributed by atoms with E-state index in [0.29, 0.717) is 0 Å². The normalized spacial score (nSPS) is 11.1. The Hall–Kier alpha value is -2.41. The first-order valence-corrected chi connectivity index (χ1v) is 7.24. The highest BCUT2D eigenvalue weighted by atomic mass is 16.6. The lowest BCUT2D eigenvalue weighted by atomic mass is 9.97. The largest absolute Gasteiger partial charge is 0.460 e. The molecule has 1 N–H and O–H groups in total. The third-order valence-corrected chi connectivity index (χ3v) is 2.61. The fourth-order valence-corrected chi connectivity index (χ4v) is 1.83. The van der Waals surface area contributed by atoms with E-state index in [1.807, 2.05) is 20.8 Å². The van der Waals surface area contributed by atoms with Crippen molar-refractivity contribution in [2.45, 2.75) is 31.8 Å². The van der Waals surface area contributed by atoms with Gasteiger partial charge in [-0.2, -0.15) is 0 Å². The van der Waals surface area contributed by atoms with Gasteiger partial charge in [0.25, 0.3) is 0 Å². The van der Waals surface area contributed by atoms with E-state index in [1.54, 1.807) is 0 Å². The van der Waals surface area contributed by atoms with Crippen molar-refractivity contribution in [1.82, 2.24) is 5.32 Å². The number of esters is 3. The maximum Gasteiger partial charge on any atom is 0.330 e. The number of nitrogens with one attached hydrogen (secondary N) is 1. The number of carbonyl (C=O) groups is 3. The van der Waals surface area contributed by atoms with E-state index < -0.39 is 29.0 Å². The molecular formula is C17H25NO6. The second kappa shape index (κ2) is 9.67. The van der Waals surface area contributed by atoms with Crippen LogP contribution in [0, 0.1) is 0 Å². The molecule has 0 aromatic heterocycles. The summed E-state index contributed by atoms with van der Waals surface area (Å²) >= 11 is 0. The van der Waals surface area contributed by atoms with Crippen molar-refractivity contribution in [3.05, 3.63) is 38.0 Å². The van der Waals surface area contributed by atoms with E-state index in [0.717, 1.165) is 18.2 Å². The summed E-state index contributed by atoms with van der Waals surface area (Å²) in [5.74, 6) is -1.96. The summed E-state index contributed by atoms with van der Waals surface area (Å²) in [6.07, 6.45) is 3.02. The fraction of sp³-hybridized carbons (Fsp3) is 0.471. The van der Waals surface area contributed by atoms with Gasteiger partial charge < -0.3 is 14.2 Å². The molecule has 0 atom stereocenters. The van der Waals surface area contributed by atoms with Gasteiger partial charge in [-0.05, 0) is 20.8 Å². The van der Waals surface area contributed by atoms with Crippen LogP contribution in [-0.2, 0) is 28.6 Å². The van der Waals surface area contributed by atoms with Crippen molar-refractivity contribution < 1.29 is 28.6 Å². The Balaban J connectivity index is 5.41. The van der Waals surface area contributed by atoms with Crippen LogP contribution >= 0.6 is 0 Å². The van der Waals surface area contributed by atoms with Crippen LogP contribution in [0.25, 0.3) is 0 Å². The number of carbonyl (C=O) groups excluding carboxylic acids is 3. The molecule has 0 aliphatic rings. The topological polar surface area (TPSA) is 90.9 Å². The van der Waals surface area contributed by atoms with Crippen molar-refractivity contribution in [1.29, 1.82) is 0 Å². The molecule has 0 spiro atoms. The average Bonchev–Trinajstić information content (AvgIpc) is 2.53. The Morgan fingerprint density at radius 1 is 0.792 bits per heavy atom. The Morgan fingerprint density at radius 3 is 1.29 bits per heavy atom. The molecule has 7 nitrogen and oxygen atoms in total. The standard InChI is InChI=1S/C17H25NO6/c1-7-13(19)22-10-17(18-16(4,5)6,11-23-14(20)8-2)12-24-15(21)9-3/h7-9,18H,1-3,10-12H2,4-6H3. The van der Waals surface area contributed by atoms with Gasteiger partial charge in [0.05, 0.1) is 0 Å². The van der Waals surface area contributed by atoms with Crippen molar-refractivity contribution in [3.63, 3.8) is 0 Å². The SMILES string of the molecule is C=CC(=O)OCC(COC(=O)C=C)(COC(=O)C=C)NC(C)(C)C. The molecule has 7 heteroatoms. The first-order chi connectivity index (χ1) is 11.1. The van der Waals surface area contributed by atoms with E-state index in [2.05, 4.69) is 25.1 Å². The molecule has 0 heterocycles. The highest BCUT2D eigenvalue weighted by molar-refractivity contribution is 5.82. The highest BCUT2D eigenvalue weighted by Gasteiger charge is 2.38.